The van der Waals surface area contributed by atoms with Crippen molar-refractivity contribution in [2.24, 2.45) is 0 Å². The molecule has 4 nitrogen and oxygen atoms in total. The van der Waals surface area contributed by atoms with E-state index in [1.165, 1.54) is 0 Å². The van der Waals surface area contributed by atoms with E-state index in [1.54, 1.807) is 0 Å². The highest BCUT2D eigenvalue weighted by molar-refractivity contribution is 6.37. The molecular formula is C8H12O4. The van der Waals surface area contributed by atoms with Crippen molar-refractivity contribution >= 4 is 11.6 Å². The van der Waals surface area contributed by atoms with Gasteiger partial charge >= 0.3 is 0 Å². The third-order valence-electron chi connectivity index (χ3n) is 1.86. The predicted molar refractivity (Wildman–Crippen MR) is 40.7 cm³/mol. The normalized spacial score (nSPS) is 24.6. The second kappa shape index (κ2) is 4.33. The minimum absolute atomic E-state index is 0.0430. The van der Waals surface area contributed by atoms with Gasteiger partial charge in [-0.2, -0.15) is 0 Å². The van der Waals surface area contributed by atoms with Gasteiger partial charge < -0.3 is 9.84 Å². The summed E-state index contributed by atoms with van der Waals surface area (Å²) in [6, 6.07) is 0. The fourth-order valence-electron chi connectivity index (χ4n) is 1.22. The highest BCUT2D eigenvalue weighted by Crippen LogP contribution is 2.14. The van der Waals surface area contributed by atoms with Crippen LogP contribution in [0.25, 0.3) is 0 Å². The highest BCUT2D eigenvalue weighted by atomic mass is 16.5. The SMILES string of the molecule is O=C1CCC(OCCO)CC1=O. The number of rotatable bonds is 3. The number of ketones is 2. The molecule has 0 amide bonds. The molecule has 4 heteroatoms. The van der Waals surface area contributed by atoms with Crippen LogP contribution in [0, 0.1) is 0 Å². The number of aliphatic hydroxyl groups is 1. The number of aliphatic hydroxyl groups excluding tert-OH is 1. The van der Waals surface area contributed by atoms with E-state index < -0.39 is 0 Å². The van der Waals surface area contributed by atoms with E-state index >= 15 is 0 Å². The van der Waals surface area contributed by atoms with Crippen LogP contribution in [0.5, 0.6) is 0 Å². The molecule has 0 aliphatic heterocycles. The summed E-state index contributed by atoms with van der Waals surface area (Å²) in [4.78, 5) is 21.6. The van der Waals surface area contributed by atoms with E-state index in [0.29, 0.717) is 6.42 Å². The Morgan fingerprint density at radius 2 is 2.17 bits per heavy atom. The number of carbonyl (C=O) groups is 2. The minimum Gasteiger partial charge on any atom is -0.394 e. The third kappa shape index (κ3) is 2.39. The maximum atomic E-state index is 10.9. The molecular weight excluding hydrogens is 160 g/mol. The van der Waals surface area contributed by atoms with Gasteiger partial charge in [0, 0.05) is 12.8 Å². The van der Waals surface area contributed by atoms with Crippen LogP contribution in [0.15, 0.2) is 0 Å². The lowest BCUT2D eigenvalue weighted by Gasteiger charge is -2.19. The first-order valence-corrected chi connectivity index (χ1v) is 4.02. The topological polar surface area (TPSA) is 63.6 Å². The Morgan fingerprint density at radius 3 is 2.75 bits per heavy atom. The lowest BCUT2D eigenvalue weighted by molar-refractivity contribution is -0.141. The Balaban J connectivity index is 2.30. The number of Topliss-reactive ketones (excluding diaryl/α,β-unsaturated/α-hetero) is 2. The van der Waals surface area contributed by atoms with Crippen LogP contribution in [0.2, 0.25) is 0 Å². The first-order chi connectivity index (χ1) is 5.74. The zero-order valence-electron chi connectivity index (χ0n) is 6.78. The van der Waals surface area contributed by atoms with Crippen LogP contribution in [0.1, 0.15) is 19.3 Å². The number of hydrogen-bond acceptors (Lipinski definition) is 4. The fraction of sp³-hybridized carbons (Fsp3) is 0.750. The molecule has 1 aliphatic carbocycles. The molecule has 0 radical (unpaired) electrons. The van der Waals surface area contributed by atoms with Crippen molar-refractivity contribution in [2.75, 3.05) is 13.2 Å². The molecule has 0 saturated heterocycles. The van der Waals surface area contributed by atoms with E-state index in [-0.39, 0.29) is 43.7 Å². The van der Waals surface area contributed by atoms with E-state index in [0.717, 1.165) is 0 Å². The molecule has 0 spiro atoms. The fourth-order valence-corrected chi connectivity index (χ4v) is 1.22. The van der Waals surface area contributed by atoms with Gasteiger partial charge in [-0.1, -0.05) is 0 Å². The van der Waals surface area contributed by atoms with E-state index in [1.807, 2.05) is 0 Å². The van der Waals surface area contributed by atoms with Gasteiger partial charge in [-0.3, -0.25) is 9.59 Å². The summed E-state index contributed by atoms with van der Waals surface area (Å²) in [5, 5.41) is 8.44. The number of ether oxygens (including phenoxy) is 1. The van der Waals surface area contributed by atoms with E-state index in [2.05, 4.69) is 0 Å². The Kier molecular flexibility index (Phi) is 3.37. The standard InChI is InChI=1S/C8H12O4/c9-3-4-12-6-1-2-7(10)8(11)5-6/h6,9H,1-5H2. The molecule has 0 heterocycles. The minimum atomic E-state index is -0.343. The van der Waals surface area contributed by atoms with Gasteiger partial charge in [-0.05, 0) is 6.42 Å². The van der Waals surface area contributed by atoms with Gasteiger partial charge in [0.25, 0.3) is 0 Å². The molecule has 1 fully saturated rings. The Bertz CT molecular complexity index is 187. The van der Waals surface area contributed by atoms with Crippen molar-refractivity contribution in [1.82, 2.24) is 0 Å². The summed E-state index contributed by atoms with van der Waals surface area (Å²) in [5.74, 6) is -0.636. The first kappa shape index (κ1) is 9.35. The van der Waals surface area contributed by atoms with Crippen LogP contribution >= 0.6 is 0 Å². The molecule has 1 rings (SSSR count). The summed E-state index contributed by atoms with van der Waals surface area (Å²) in [6.07, 6.45) is 0.903. The van der Waals surface area contributed by atoms with Crippen molar-refractivity contribution in [3.05, 3.63) is 0 Å². The lowest BCUT2D eigenvalue weighted by atomic mass is 9.95. The molecule has 1 saturated carbocycles. The molecule has 1 N–H and O–H groups in total. The maximum Gasteiger partial charge on any atom is 0.200 e. The largest absolute Gasteiger partial charge is 0.394 e. The molecule has 1 atom stereocenters. The van der Waals surface area contributed by atoms with Gasteiger partial charge in [0.2, 0.25) is 5.78 Å². The molecule has 0 aromatic heterocycles. The predicted octanol–water partition coefficient (Wildman–Crippen LogP) is -0.314. The van der Waals surface area contributed by atoms with Gasteiger partial charge in [-0.15, -0.1) is 0 Å². The molecule has 12 heavy (non-hydrogen) atoms. The van der Waals surface area contributed by atoms with Crippen LogP contribution in [0.4, 0.5) is 0 Å². The quantitative estimate of drug-likeness (QED) is 0.593. The summed E-state index contributed by atoms with van der Waals surface area (Å²) in [7, 11) is 0. The zero-order chi connectivity index (χ0) is 8.97. The summed E-state index contributed by atoms with van der Waals surface area (Å²) in [6.45, 7) is 0.199. The van der Waals surface area contributed by atoms with E-state index in [9.17, 15) is 9.59 Å². The van der Waals surface area contributed by atoms with Gasteiger partial charge in [0.1, 0.15) is 0 Å². The highest BCUT2D eigenvalue weighted by Gasteiger charge is 2.26. The Hall–Kier alpha value is -0.740. The van der Waals surface area contributed by atoms with Crippen molar-refractivity contribution in [3.8, 4) is 0 Å². The zero-order valence-corrected chi connectivity index (χ0v) is 6.78. The smallest absolute Gasteiger partial charge is 0.200 e. The van der Waals surface area contributed by atoms with Crippen molar-refractivity contribution in [1.29, 1.82) is 0 Å². The van der Waals surface area contributed by atoms with Crippen molar-refractivity contribution in [3.63, 3.8) is 0 Å². The average molecular weight is 172 g/mol. The van der Waals surface area contributed by atoms with Crippen LogP contribution in [0.3, 0.4) is 0 Å². The summed E-state index contributed by atoms with van der Waals surface area (Å²) >= 11 is 0. The van der Waals surface area contributed by atoms with Crippen LogP contribution < -0.4 is 0 Å². The Labute approximate surface area is 70.5 Å². The van der Waals surface area contributed by atoms with Crippen molar-refractivity contribution in [2.45, 2.75) is 25.4 Å². The van der Waals surface area contributed by atoms with Crippen LogP contribution in [-0.4, -0.2) is 36.0 Å². The molecule has 0 bridgehead atoms. The monoisotopic (exact) mass is 172 g/mol. The van der Waals surface area contributed by atoms with E-state index in [4.69, 9.17) is 9.84 Å². The van der Waals surface area contributed by atoms with Crippen LogP contribution in [-0.2, 0) is 14.3 Å². The number of hydrogen-bond donors (Lipinski definition) is 1. The second-order valence-corrected chi connectivity index (χ2v) is 2.81. The molecule has 68 valence electrons. The summed E-state index contributed by atoms with van der Waals surface area (Å²) < 4.78 is 5.13. The number of carbonyl (C=O) groups excluding carboxylic acids is 2. The Morgan fingerprint density at radius 1 is 1.42 bits per heavy atom. The van der Waals surface area contributed by atoms with Crippen molar-refractivity contribution < 1.29 is 19.4 Å². The van der Waals surface area contributed by atoms with Gasteiger partial charge in [0.15, 0.2) is 5.78 Å². The summed E-state index contributed by atoms with van der Waals surface area (Å²) in [5.41, 5.74) is 0. The lowest BCUT2D eigenvalue weighted by Crippen LogP contribution is -2.30. The van der Waals surface area contributed by atoms with Gasteiger partial charge in [-0.25, -0.2) is 0 Å². The molecule has 0 aromatic rings. The maximum absolute atomic E-state index is 10.9. The third-order valence-corrected chi connectivity index (χ3v) is 1.86. The second-order valence-electron chi connectivity index (χ2n) is 2.81. The molecule has 0 aromatic carbocycles. The first-order valence-electron chi connectivity index (χ1n) is 4.02. The van der Waals surface area contributed by atoms with Gasteiger partial charge in [0.05, 0.1) is 19.3 Å². The molecule has 1 aliphatic rings. The average Bonchev–Trinajstić information content (AvgIpc) is 2.07. The molecule has 1 unspecified atom stereocenters.